The van der Waals surface area contributed by atoms with Gasteiger partial charge in [-0.2, -0.15) is 0 Å². The number of hydrogen-bond acceptors (Lipinski definition) is 5. The van der Waals surface area contributed by atoms with E-state index in [1.807, 2.05) is 12.4 Å². The first-order chi connectivity index (χ1) is 12.3. The molecule has 2 fully saturated rings. The molecule has 5 nitrogen and oxygen atoms in total. The number of methoxy groups -OCH3 is 1. The first-order valence-corrected chi connectivity index (χ1v) is 9.77. The van der Waals surface area contributed by atoms with Gasteiger partial charge in [0, 0.05) is 58.4 Å². The predicted octanol–water partition coefficient (Wildman–Crippen LogP) is 2.42. The van der Waals surface area contributed by atoms with Crippen molar-refractivity contribution in [2.45, 2.75) is 38.3 Å². The number of ether oxygens (including phenoxy) is 2. The number of hydrogen-bond donors (Lipinski definition) is 0. The Hall–Kier alpha value is -1.01. The maximum absolute atomic E-state index is 5.59. The fraction of sp³-hybridized carbons (Fsp3) is 0.750. The summed E-state index contributed by atoms with van der Waals surface area (Å²) in [4.78, 5) is 9.42. The molecule has 0 spiro atoms. The summed E-state index contributed by atoms with van der Waals surface area (Å²) in [6.07, 6.45) is 8.76. The Labute approximate surface area is 152 Å². The van der Waals surface area contributed by atoms with E-state index in [2.05, 4.69) is 26.9 Å². The van der Waals surface area contributed by atoms with Crippen LogP contribution in [0.15, 0.2) is 24.5 Å². The minimum Gasteiger partial charge on any atom is -0.383 e. The zero-order valence-electron chi connectivity index (χ0n) is 15.6. The van der Waals surface area contributed by atoms with E-state index in [9.17, 15) is 0 Å². The summed E-state index contributed by atoms with van der Waals surface area (Å²) >= 11 is 0. The fourth-order valence-corrected chi connectivity index (χ4v) is 4.06. The van der Waals surface area contributed by atoms with Gasteiger partial charge in [-0.25, -0.2) is 0 Å². The summed E-state index contributed by atoms with van der Waals surface area (Å²) in [5.41, 5.74) is 1.37. The van der Waals surface area contributed by atoms with Crippen LogP contribution in [-0.2, 0) is 16.0 Å². The molecule has 5 heteroatoms. The maximum atomic E-state index is 5.59. The Morgan fingerprint density at radius 3 is 2.56 bits per heavy atom. The molecule has 2 saturated heterocycles. The summed E-state index contributed by atoms with van der Waals surface area (Å²) < 4.78 is 10.8. The molecule has 2 aliphatic heterocycles. The van der Waals surface area contributed by atoms with Gasteiger partial charge in [-0.15, -0.1) is 0 Å². The zero-order chi connectivity index (χ0) is 17.3. The lowest BCUT2D eigenvalue weighted by Gasteiger charge is -2.39. The Morgan fingerprint density at radius 2 is 1.88 bits per heavy atom. The van der Waals surface area contributed by atoms with Gasteiger partial charge in [0.25, 0.3) is 0 Å². The van der Waals surface area contributed by atoms with E-state index in [-0.39, 0.29) is 0 Å². The quantitative estimate of drug-likeness (QED) is 0.722. The Kier molecular flexibility index (Phi) is 7.67. The van der Waals surface area contributed by atoms with Crippen LogP contribution in [0.2, 0.25) is 0 Å². The van der Waals surface area contributed by atoms with Gasteiger partial charge in [-0.3, -0.25) is 9.88 Å². The van der Waals surface area contributed by atoms with Crippen LogP contribution in [0.4, 0.5) is 0 Å². The lowest BCUT2D eigenvalue weighted by molar-refractivity contribution is 0.0188. The van der Waals surface area contributed by atoms with E-state index < -0.39 is 0 Å². The normalized spacial score (nSPS) is 21.0. The van der Waals surface area contributed by atoms with Gasteiger partial charge < -0.3 is 14.4 Å². The van der Waals surface area contributed by atoms with E-state index in [1.54, 1.807) is 7.11 Å². The molecule has 1 aromatic rings. The van der Waals surface area contributed by atoms with Crippen LogP contribution in [0.5, 0.6) is 0 Å². The molecule has 0 saturated carbocycles. The smallest absolute Gasteiger partial charge is 0.0589 e. The molecule has 0 unspecified atom stereocenters. The fourth-order valence-electron chi connectivity index (χ4n) is 4.06. The molecule has 0 radical (unpaired) electrons. The van der Waals surface area contributed by atoms with Crippen molar-refractivity contribution in [3.8, 4) is 0 Å². The first kappa shape index (κ1) is 18.8. The number of nitrogens with zero attached hydrogens (tertiary/aromatic N) is 3. The second-order valence-corrected chi connectivity index (χ2v) is 7.41. The molecule has 2 aliphatic rings. The molecule has 0 aromatic carbocycles. The number of aromatic nitrogens is 1. The summed E-state index contributed by atoms with van der Waals surface area (Å²) in [5, 5.41) is 0. The van der Waals surface area contributed by atoms with Crippen LogP contribution in [-0.4, -0.2) is 73.9 Å². The molecular weight excluding hydrogens is 314 g/mol. The van der Waals surface area contributed by atoms with Crippen LogP contribution in [0, 0.1) is 5.92 Å². The lowest BCUT2D eigenvalue weighted by Crippen LogP contribution is -2.44. The number of piperidine rings is 1. The average Bonchev–Trinajstić information content (AvgIpc) is 2.68. The maximum Gasteiger partial charge on any atom is 0.0589 e. The second kappa shape index (κ2) is 10.2. The SMILES string of the molecule is COCCN1CCC(CN(Cc2ccncc2)C2CCOCC2)CC1. The summed E-state index contributed by atoms with van der Waals surface area (Å²) in [6.45, 7) is 8.42. The topological polar surface area (TPSA) is 37.8 Å². The molecular formula is C20H33N3O2. The van der Waals surface area contributed by atoms with Crippen LogP contribution in [0.3, 0.4) is 0 Å². The second-order valence-electron chi connectivity index (χ2n) is 7.41. The van der Waals surface area contributed by atoms with Crippen LogP contribution < -0.4 is 0 Å². The summed E-state index contributed by atoms with van der Waals surface area (Å²) in [5.74, 6) is 0.809. The van der Waals surface area contributed by atoms with Gasteiger partial charge in [-0.1, -0.05) is 0 Å². The molecule has 140 valence electrons. The molecule has 0 aliphatic carbocycles. The van der Waals surface area contributed by atoms with Crippen LogP contribution >= 0.6 is 0 Å². The molecule has 3 heterocycles. The van der Waals surface area contributed by atoms with Crippen molar-refractivity contribution in [1.82, 2.24) is 14.8 Å². The molecule has 0 N–H and O–H groups in total. The summed E-state index contributed by atoms with van der Waals surface area (Å²) in [7, 11) is 1.79. The van der Waals surface area contributed by atoms with E-state index >= 15 is 0 Å². The largest absolute Gasteiger partial charge is 0.383 e. The summed E-state index contributed by atoms with van der Waals surface area (Å²) in [6, 6.07) is 4.97. The molecule has 25 heavy (non-hydrogen) atoms. The minimum atomic E-state index is 0.661. The standard InChI is InChI=1S/C20H33N3O2/c1-24-15-12-22-10-4-19(5-11-22)17-23(20-6-13-25-14-7-20)16-18-2-8-21-9-3-18/h2-3,8-9,19-20H,4-7,10-17H2,1H3. The Balaban J connectivity index is 1.54. The van der Waals surface area contributed by atoms with Crippen molar-refractivity contribution >= 4 is 0 Å². The number of rotatable bonds is 8. The highest BCUT2D eigenvalue weighted by atomic mass is 16.5. The molecule has 0 atom stereocenters. The van der Waals surface area contributed by atoms with Gasteiger partial charge in [0.15, 0.2) is 0 Å². The van der Waals surface area contributed by atoms with Crippen LogP contribution in [0.25, 0.3) is 0 Å². The van der Waals surface area contributed by atoms with Crippen molar-refractivity contribution < 1.29 is 9.47 Å². The average molecular weight is 348 g/mol. The van der Waals surface area contributed by atoms with Crippen molar-refractivity contribution in [3.05, 3.63) is 30.1 Å². The molecule has 0 bridgehead atoms. The van der Waals surface area contributed by atoms with E-state index in [1.165, 1.54) is 38.0 Å². The van der Waals surface area contributed by atoms with Gasteiger partial charge in [0.2, 0.25) is 0 Å². The highest BCUT2D eigenvalue weighted by molar-refractivity contribution is 5.09. The highest BCUT2D eigenvalue weighted by Gasteiger charge is 2.26. The van der Waals surface area contributed by atoms with Gasteiger partial charge in [-0.05, 0) is 62.4 Å². The number of likely N-dealkylation sites (tertiary alicyclic amines) is 1. The van der Waals surface area contributed by atoms with Crippen molar-refractivity contribution in [3.63, 3.8) is 0 Å². The van der Waals surface area contributed by atoms with E-state index in [0.717, 1.165) is 51.7 Å². The Morgan fingerprint density at radius 1 is 1.16 bits per heavy atom. The number of pyridine rings is 1. The van der Waals surface area contributed by atoms with Crippen LogP contribution in [0.1, 0.15) is 31.2 Å². The zero-order valence-corrected chi connectivity index (χ0v) is 15.6. The Bertz CT molecular complexity index is 471. The molecule has 1 aromatic heterocycles. The van der Waals surface area contributed by atoms with Crippen molar-refractivity contribution in [2.24, 2.45) is 5.92 Å². The molecule has 0 amide bonds. The first-order valence-electron chi connectivity index (χ1n) is 9.77. The monoisotopic (exact) mass is 347 g/mol. The third kappa shape index (κ3) is 6.03. The van der Waals surface area contributed by atoms with Crippen molar-refractivity contribution in [1.29, 1.82) is 0 Å². The predicted molar refractivity (Wildman–Crippen MR) is 99.5 cm³/mol. The van der Waals surface area contributed by atoms with Gasteiger partial charge in [0.1, 0.15) is 0 Å². The molecule has 3 rings (SSSR count). The third-order valence-electron chi connectivity index (χ3n) is 5.65. The minimum absolute atomic E-state index is 0.661. The third-order valence-corrected chi connectivity index (χ3v) is 5.65. The van der Waals surface area contributed by atoms with E-state index in [0.29, 0.717) is 6.04 Å². The van der Waals surface area contributed by atoms with Gasteiger partial charge in [0.05, 0.1) is 6.61 Å². The van der Waals surface area contributed by atoms with Crippen molar-refractivity contribution in [2.75, 3.05) is 53.1 Å². The van der Waals surface area contributed by atoms with Gasteiger partial charge >= 0.3 is 0 Å². The lowest BCUT2D eigenvalue weighted by atomic mass is 9.94. The van der Waals surface area contributed by atoms with E-state index in [4.69, 9.17) is 9.47 Å². The highest BCUT2D eigenvalue weighted by Crippen LogP contribution is 2.24.